The molecule has 1 unspecified atom stereocenters. The van der Waals surface area contributed by atoms with Crippen molar-refractivity contribution in [3.63, 3.8) is 0 Å². The van der Waals surface area contributed by atoms with E-state index < -0.39 is 0 Å². The minimum Gasteiger partial charge on any atom is -0.399 e. The van der Waals surface area contributed by atoms with Crippen LogP contribution in [0.5, 0.6) is 0 Å². The van der Waals surface area contributed by atoms with Crippen LogP contribution in [0.4, 0.5) is 11.4 Å². The van der Waals surface area contributed by atoms with E-state index in [2.05, 4.69) is 30.9 Å². The lowest BCUT2D eigenvalue weighted by Crippen LogP contribution is -2.39. The Morgan fingerprint density at radius 1 is 1.44 bits per heavy atom. The third-order valence-corrected chi connectivity index (χ3v) is 3.55. The summed E-state index contributed by atoms with van der Waals surface area (Å²) in [5.41, 5.74) is 9.16. The molecule has 0 saturated carbocycles. The molecule has 0 bridgehead atoms. The van der Waals surface area contributed by atoms with Gasteiger partial charge >= 0.3 is 0 Å². The van der Waals surface area contributed by atoms with Gasteiger partial charge in [0.15, 0.2) is 0 Å². The number of benzene rings is 1. The molecule has 2 N–H and O–H groups in total. The van der Waals surface area contributed by atoms with E-state index in [0.29, 0.717) is 6.10 Å². The van der Waals surface area contributed by atoms with Gasteiger partial charge in [-0.1, -0.05) is 6.92 Å². The van der Waals surface area contributed by atoms with Gasteiger partial charge in [0.1, 0.15) is 0 Å². The Labute approximate surface area is 110 Å². The second kappa shape index (κ2) is 6.10. The highest BCUT2D eigenvalue weighted by Gasteiger charge is 2.20. The Kier molecular flexibility index (Phi) is 4.48. The summed E-state index contributed by atoms with van der Waals surface area (Å²) in [5, 5.41) is 0. The number of hydrogen-bond donors (Lipinski definition) is 1. The Balaban J connectivity index is 2.01. The predicted octanol–water partition coefficient (Wildman–Crippen LogP) is 2.97. The summed E-state index contributed by atoms with van der Waals surface area (Å²) in [7, 11) is 0. The highest BCUT2D eigenvalue weighted by atomic mass is 16.5. The van der Waals surface area contributed by atoms with Gasteiger partial charge in [-0.25, -0.2) is 0 Å². The number of nitrogens with zero attached hydrogens (tertiary/aromatic N) is 1. The van der Waals surface area contributed by atoms with E-state index in [0.717, 1.165) is 37.4 Å². The fraction of sp³-hybridized carbons (Fsp3) is 0.600. The number of ether oxygens (including phenoxy) is 1. The van der Waals surface area contributed by atoms with Crippen LogP contribution in [-0.4, -0.2) is 25.8 Å². The molecule has 0 spiro atoms. The lowest BCUT2D eigenvalue weighted by molar-refractivity contribution is 0.0440. The Morgan fingerprint density at radius 3 is 3.00 bits per heavy atom. The van der Waals surface area contributed by atoms with Gasteiger partial charge in [-0.05, 0) is 49.9 Å². The standard InChI is InChI=1S/C15H24N2O/c1-3-9-18-14-5-4-8-17(11-14)13-6-7-15(16)12(2)10-13/h6-7,10,14H,3-5,8-9,11,16H2,1-2H3. The molecule has 0 radical (unpaired) electrons. The first kappa shape index (κ1) is 13.2. The molecule has 1 aromatic carbocycles. The topological polar surface area (TPSA) is 38.5 Å². The first-order valence-corrected chi connectivity index (χ1v) is 6.93. The SMILES string of the molecule is CCCOC1CCCN(c2ccc(N)c(C)c2)C1. The third-order valence-electron chi connectivity index (χ3n) is 3.55. The van der Waals surface area contributed by atoms with Crippen molar-refractivity contribution in [3.8, 4) is 0 Å². The molecule has 2 rings (SSSR count). The predicted molar refractivity (Wildman–Crippen MR) is 77.1 cm³/mol. The monoisotopic (exact) mass is 248 g/mol. The molecule has 3 nitrogen and oxygen atoms in total. The van der Waals surface area contributed by atoms with Crippen molar-refractivity contribution < 1.29 is 4.74 Å². The number of hydrogen-bond acceptors (Lipinski definition) is 3. The summed E-state index contributed by atoms with van der Waals surface area (Å²) in [4.78, 5) is 2.41. The molecule has 3 heteroatoms. The average molecular weight is 248 g/mol. The van der Waals surface area contributed by atoms with Crippen LogP contribution in [0.2, 0.25) is 0 Å². The van der Waals surface area contributed by atoms with E-state index in [9.17, 15) is 0 Å². The fourth-order valence-electron chi connectivity index (χ4n) is 2.45. The molecule has 1 atom stereocenters. The van der Waals surface area contributed by atoms with Gasteiger partial charge in [0.05, 0.1) is 6.10 Å². The molecule has 100 valence electrons. The molecule has 18 heavy (non-hydrogen) atoms. The zero-order valence-electron chi connectivity index (χ0n) is 11.5. The van der Waals surface area contributed by atoms with Gasteiger partial charge in [0, 0.05) is 31.1 Å². The van der Waals surface area contributed by atoms with Crippen LogP contribution in [-0.2, 0) is 4.74 Å². The van der Waals surface area contributed by atoms with Crippen LogP contribution in [0, 0.1) is 6.92 Å². The van der Waals surface area contributed by atoms with Crippen molar-refractivity contribution in [1.29, 1.82) is 0 Å². The lowest BCUT2D eigenvalue weighted by atomic mass is 10.1. The summed E-state index contributed by atoms with van der Waals surface area (Å²) in [6.45, 7) is 7.22. The van der Waals surface area contributed by atoms with E-state index in [1.807, 2.05) is 6.07 Å². The summed E-state index contributed by atoms with van der Waals surface area (Å²) in [5.74, 6) is 0. The van der Waals surface area contributed by atoms with Crippen molar-refractivity contribution in [2.24, 2.45) is 0 Å². The smallest absolute Gasteiger partial charge is 0.0750 e. The Morgan fingerprint density at radius 2 is 2.28 bits per heavy atom. The number of rotatable bonds is 4. The minimum atomic E-state index is 0.386. The molecule has 0 aromatic heterocycles. The van der Waals surface area contributed by atoms with E-state index in [-0.39, 0.29) is 0 Å². The third kappa shape index (κ3) is 3.16. The summed E-state index contributed by atoms with van der Waals surface area (Å²) < 4.78 is 5.87. The van der Waals surface area contributed by atoms with Crippen LogP contribution < -0.4 is 10.6 Å². The highest BCUT2D eigenvalue weighted by Crippen LogP contribution is 2.24. The first-order chi connectivity index (χ1) is 8.70. The Bertz CT molecular complexity index is 392. The summed E-state index contributed by atoms with van der Waals surface area (Å²) in [6, 6.07) is 6.29. The number of piperidine rings is 1. The van der Waals surface area contributed by atoms with Gasteiger partial charge in [0.2, 0.25) is 0 Å². The zero-order chi connectivity index (χ0) is 13.0. The fourth-order valence-corrected chi connectivity index (χ4v) is 2.45. The molecule has 1 saturated heterocycles. The largest absolute Gasteiger partial charge is 0.399 e. The number of anilines is 2. The second-order valence-corrected chi connectivity index (χ2v) is 5.12. The van der Waals surface area contributed by atoms with Crippen molar-refractivity contribution in [2.75, 3.05) is 30.3 Å². The number of nitrogens with two attached hydrogens (primary N) is 1. The number of nitrogen functional groups attached to an aromatic ring is 1. The van der Waals surface area contributed by atoms with E-state index in [1.54, 1.807) is 0 Å². The van der Waals surface area contributed by atoms with Crippen LogP contribution >= 0.6 is 0 Å². The quantitative estimate of drug-likeness (QED) is 0.833. The normalized spacial score (nSPS) is 20.1. The lowest BCUT2D eigenvalue weighted by Gasteiger charge is -2.34. The number of aryl methyl sites for hydroxylation is 1. The van der Waals surface area contributed by atoms with Crippen molar-refractivity contribution in [2.45, 2.75) is 39.2 Å². The van der Waals surface area contributed by atoms with Gasteiger partial charge < -0.3 is 15.4 Å². The van der Waals surface area contributed by atoms with Crippen LogP contribution in [0.15, 0.2) is 18.2 Å². The van der Waals surface area contributed by atoms with E-state index in [4.69, 9.17) is 10.5 Å². The van der Waals surface area contributed by atoms with Crippen LogP contribution in [0.25, 0.3) is 0 Å². The maximum atomic E-state index is 5.87. The molecule has 0 aliphatic carbocycles. The molecular weight excluding hydrogens is 224 g/mol. The minimum absolute atomic E-state index is 0.386. The summed E-state index contributed by atoms with van der Waals surface area (Å²) >= 11 is 0. The van der Waals surface area contributed by atoms with E-state index >= 15 is 0 Å². The second-order valence-electron chi connectivity index (χ2n) is 5.12. The molecule has 0 amide bonds. The maximum absolute atomic E-state index is 5.87. The van der Waals surface area contributed by atoms with Crippen molar-refractivity contribution >= 4 is 11.4 Å². The molecule has 1 heterocycles. The van der Waals surface area contributed by atoms with E-state index in [1.165, 1.54) is 18.5 Å². The maximum Gasteiger partial charge on any atom is 0.0750 e. The molecule has 1 aliphatic heterocycles. The molecule has 1 aromatic rings. The first-order valence-electron chi connectivity index (χ1n) is 6.93. The van der Waals surface area contributed by atoms with Crippen LogP contribution in [0.3, 0.4) is 0 Å². The summed E-state index contributed by atoms with van der Waals surface area (Å²) in [6.07, 6.45) is 3.87. The van der Waals surface area contributed by atoms with Gasteiger partial charge in [-0.2, -0.15) is 0 Å². The van der Waals surface area contributed by atoms with Crippen molar-refractivity contribution in [3.05, 3.63) is 23.8 Å². The van der Waals surface area contributed by atoms with Gasteiger partial charge in [0.25, 0.3) is 0 Å². The Hall–Kier alpha value is -1.22. The molecule has 1 fully saturated rings. The van der Waals surface area contributed by atoms with Crippen LogP contribution in [0.1, 0.15) is 31.7 Å². The zero-order valence-corrected chi connectivity index (χ0v) is 11.5. The highest BCUT2D eigenvalue weighted by molar-refractivity contribution is 5.58. The van der Waals surface area contributed by atoms with Gasteiger partial charge in [-0.3, -0.25) is 0 Å². The molecular formula is C15H24N2O. The van der Waals surface area contributed by atoms with Gasteiger partial charge in [-0.15, -0.1) is 0 Å². The molecule has 1 aliphatic rings. The average Bonchev–Trinajstić information content (AvgIpc) is 2.40. The van der Waals surface area contributed by atoms with Crippen molar-refractivity contribution in [1.82, 2.24) is 0 Å².